The minimum absolute atomic E-state index is 0. The van der Waals surface area contributed by atoms with Crippen LogP contribution in [-0.4, -0.2) is 24.3 Å². The third kappa shape index (κ3) is 9.51. The molecule has 28 valence electrons. The fourth-order valence-corrected chi connectivity index (χ4v) is 0. The molecule has 0 spiro atoms. The Hall–Kier alpha value is 1.60. The summed E-state index contributed by atoms with van der Waals surface area (Å²) in [6, 6.07) is 0. The molecule has 1 nitrogen and oxygen atoms in total. The molecule has 0 saturated heterocycles. The Bertz CT molecular complexity index is 8.00. The van der Waals surface area contributed by atoms with E-state index in [1.165, 1.54) is 0 Å². The summed E-state index contributed by atoms with van der Waals surface area (Å²) in [6.45, 7) is 0. The van der Waals surface area contributed by atoms with Crippen LogP contribution in [0.5, 0.6) is 0 Å². The van der Waals surface area contributed by atoms with E-state index < -0.39 is 0 Å². The molecule has 0 aliphatic carbocycles. The Morgan fingerprint density at radius 3 is 1.00 bits per heavy atom. The first-order chi connectivity index (χ1) is 0. The Morgan fingerprint density at radius 1 is 1.00 bits per heavy atom. The van der Waals surface area contributed by atoms with Gasteiger partial charge in [0.1, 0.15) is 0 Å². The van der Waals surface area contributed by atoms with E-state index in [2.05, 4.69) is 0 Å². The van der Waals surface area contributed by atoms with Crippen molar-refractivity contribution in [3.63, 3.8) is 0 Å². The Balaban J connectivity index is 0. The molecule has 0 saturated carbocycles. The van der Waals surface area contributed by atoms with Crippen LogP contribution in [0.15, 0.2) is 0 Å². The van der Waals surface area contributed by atoms with Gasteiger partial charge in [-0.1, -0.05) is 0 Å². The van der Waals surface area contributed by atoms with E-state index >= 15 is 0 Å². The van der Waals surface area contributed by atoms with Crippen molar-refractivity contribution >= 4 is 18.9 Å². The Kier molecular flexibility index (Phi) is 271. The van der Waals surface area contributed by atoms with Gasteiger partial charge < -0.3 is 5.48 Å². The maximum absolute atomic E-state index is 0. The second-order valence-electron chi connectivity index (χ2n) is 0. The van der Waals surface area contributed by atoms with Gasteiger partial charge in [0.05, 0.1) is 0 Å². The van der Waals surface area contributed by atoms with Crippen molar-refractivity contribution in [3.8, 4) is 0 Å². The van der Waals surface area contributed by atoms with Crippen molar-refractivity contribution in [1.82, 2.24) is 0 Å². The van der Waals surface area contributed by atoms with Crippen LogP contribution in [0.4, 0.5) is 0 Å². The van der Waals surface area contributed by atoms with Crippen LogP contribution in [-0.2, 0) is 34.1 Å². The molecule has 2 N–H and O–H groups in total. The minimum atomic E-state index is 0. The van der Waals surface area contributed by atoms with Crippen molar-refractivity contribution in [3.05, 3.63) is 0 Å². The molecule has 0 amide bonds. The summed E-state index contributed by atoms with van der Waals surface area (Å²) in [5.41, 5.74) is 0. The number of hydrogen-bond acceptors (Lipinski definition) is 0. The maximum Gasteiger partial charge on any atom is 0 e. The normalized spacial score (nSPS) is 0. The summed E-state index contributed by atoms with van der Waals surface area (Å²) in [6.07, 6.45) is 0. The van der Waals surface area contributed by atoms with Gasteiger partial charge >= 0.3 is 18.9 Å². The topological polar surface area (TPSA) is 31.5 Å². The number of hydrogen-bond donors (Lipinski definition) is 0. The summed E-state index contributed by atoms with van der Waals surface area (Å²) in [5.74, 6) is 0. The van der Waals surface area contributed by atoms with Crippen LogP contribution in [0, 0.1) is 0 Å². The fourth-order valence-electron chi connectivity index (χ4n) is 0. The fraction of sp³-hybridized carbons (Fsp3) is 0. The molecule has 2 radical (unpaired) electrons. The zero-order valence-electron chi connectivity index (χ0n) is 1.18. The number of rotatable bonds is 0. The average Bonchev–Trinajstić information content (AvgIpc) is 0. The van der Waals surface area contributed by atoms with E-state index in [1.807, 2.05) is 0 Å². The molecule has 0 heterocycles. The molecule has 0 fully saturated rings. The predicted octanol–water partition coefficient (Wildman–Crippen LogP) is -1.48. The predicted molar refractivity (Wildman–Crippen MR) is 10.8 cm³/mol. The molecule has 0 atom stereocenters. The van der Waals surface area contributed by atoms with Crippen molar-refractivity contribution in [2.45, 2.75) is 0 Å². The monoisotopic (exact) mass is 144 g/mol. The summed E-state index contributed by atoms with van der Waals surface area (Å²) >= 11 is 0. The van der Waals surface area contributed by atoms with Crippen LogP contribution in [0.25, 0.3) is 0 Å². The second-order valence-corrected chi connectivity index (χ2v) is 0. The standard InChI is InChI=1S/Cu.Li.Mn.H2O.H/h;;;1H2;. The van der Waals surface area contributed by atoms with Gasteiger partial charge in [0.2, 0.25) is 0 Å². The first-order valence-electron chi connectivity index (χ1n) is 0. The molecule has 0 rings (SSSR count). The molecule has 0 aromatic carbocycles. The van der Waals surface area contributed by atoms with E-state index in [4.69, 9.17) is 0 Å². The molecule has 0 aliphatic heterocycles. The molecule has 0 aromatic heterocycles. The van der Waals surface area contributed by atoms with Gasteiger partial charge in [-0.05, 0) is 0 Å². The zero-order chi connectivity index (χ0) is 0. The molecule has 0 bridgehead atoms. The quantitative estimate of drug-likeness (QED) is 0.372. The third-order valence-corrected chi connectivity index (χ3v) is 0. The summed E-state index contributed by atoms with van der Waals surface area (Å²) in [5, 5.41) is 0. The zero-order valence-corrected chi connectivity index (χ0v) is 3.30. The van der Waals surface area contributed by atoms with E-state index in [9.17, 15) is 0 Å². The Morgan fingerprint density at radius 2 is 1.00 bits per heavy atom. The SMILES string of the molecule is O.[Cu].[LiH].[Mn]. The van der Waals surface area contributed by atoms with E-state index in [0.29, 0.717) is 0 Å². The Labute approximate surface area is 58.3 Å². The van der Waals surface area contributed by atoms with Crippen LogP contribution >= 0.6 is 0 Å². The van der Waals surface area contributed by atoms with Gasteiger partial charge in [-0.3, -0.25) is 0 Å². The molecule has 4 heavy (non-hydrogen) atoms. The smallest absolute Gasteiger partial charge is 0 e. The second kappa shape index (κ2) is 23.3. The first kappa shape index (κ1) is 46.4. The molecule has 0 aliphatic rings. The summed E-state index contributed by atoms with van der Waals surface area (Å²) in [4.78, 5) is 0. The largest absolute Gasteiger partial charge is 0 e. The third-order valence-electron chi connectivity index (χ3n) is 0. The van der Waals surface area contributed by atoms with Gasteiger partial charge in [-0.2, -0.15) is 0 Å². The van der Waals surface area contributed by atoms with Crippen LogP contribution in [0.2, 0.25) is 0 Å². The van der Waals surface area contributed by atoms with E-state index in [0.717, 1.165) is 0 Å². The molecule has 0 aromatic rings. The minimum Gasteiger partial charge on any atom is 0 e. The van der Waals surface area contributed by atoms with Gasteiger partial charge in [0, 0.05) is 34.1 Å². The average molecular weight is 144 g/mol. The maximum atomic E-state index is 0. The molecular weight excluding hydrogens is 141 g/mol. The van der Waals surface area contributed by atoms with Crippen molar-refractivity contribution in [1.29, 1.82) is 0 Å². The van der Waals surface area contributed by atoms with Crippen LogP contribution in [0.1, 0.15) is 0 Å². The van der Waals surface area contributed by atoms with Crippen molar-refractivity contribution in [2.24, 2.45) is 0 Å². The van der Waals surface area contributed by atoms with Gasteiger partial charge in [-0.15, -0.1) is 0 Å². The molecule has 4 heteroatoms. The molecule has 0 unspecified atom stereocenters. The first-order valence-corrected chi connectivity index (χ1v) is 0. The summed E-state index contributed by atoms with van der Waals surface area (Å²) < 4.78 is 0. The van der Waals surface area contributed by atoms with Crippen molar-refractivity contribution < 1.29 is 39.6 Å². The van der Waals surface area contributed by atoms with E-state index in [-0.39, 0.29) is 58.5 Å². The molecular formula is H3CuLiMnO. The van der Waals surface area contributed by atoms with Gasteiger partial charge in [0.25, 0.3) is 0 Å². The van der Waals surface area contributed by atoms with Gasteiger partial charge in [-0.25, -0.2) is 0 Å². The van der Waals surface area contributed by atoms with Gasteiger partial charge in [0.15, 0.2) is 0 Å². The van der Waals surface area contributed by atoms with Crippen molar-refractivity contribution in [2.75, 3.05) is 0 Å². The summed E-state index contributed by atoms with van der Waals surface area (Å²) in [7, 11) is 0. The van der Waals surface area contributed by atoms with Crippen LogP contribution < -0.4 is 0 Å². The van der Waals surface area contributed by atoms with E-state index in [1.54, 1.807) is 0 Å². The van der Waals surface area contributed by atoms with Crippen LogP contribution in [0.3, 0.4) is 0 Å².